The van der Waals surface area contributed by atoms with Gasteiger partial charge in [-0.3, -0.25) is 4.79 Å². The molecule has 0 radical (unpaired) electrons. The van der Waals surface area contributed by atoms with E-state index < -0.39 is 6.10 Å². The van der Waals surface area contributed by atoms with Gasteiger partial charge in [-0.25, -0.2) is 0 Å². The highest BCUT2D eigenvalue weighted by atomic mass is 16.6. The molecule has 5 heteroatoms. The van der Waals surface area contributed by atoms with Crippen molar-refractivity contribution in [3.63, 3.8) is 0 Å². The lowest BCUT2D eigenvalue weighted by Gasteiger charge is -2.28. The van der Waals surface area contributed by atoms with Gasteiger partial charge in [0.25, 0.3) is 0 Å². The van der Waals surface area contributed by atoms with E-state index in [0.29, 0.717) is 12.8 Å². The number of carbonyl (C=O) groups excluding carboxylic acids is 1. The fourth-order valence-electron chi connectivity index (χ4n) is 3.80. The van der Waals surface area contributed by atoms with Gasteiger partial charge in [0.15, 0.2) is 0 Å². The largest absolute Gasteiger partial charge is 0.460 e. The van der Waals surface area contributed by atoms with Gasteiger partial charge in [-0.05, 0) is 44.9 Å². The first-order valence-corrected chi connectivity index (χ1v) is 8.46. The third kappa shape index (κ3) is 3.53. The zero-order valence-corrected chi connectivity index (χ0v) is 13.0. The molecule has 0 aromatic carbocycles. The first-order chi connectivity index (χ1) is 10.7. The Morgan fingerprint density at radius 3 is 2.50 bits per heavy atom. The molecule has 3 saturated heterocycles. The summed E-state index contributed by atoms with van der Waals surface area (Å²) in [6.45, 7) is 3.65. The molecule has 5 nitrogen and oxygen atoms in total. The minimum atomic E-state index is -0.473. The summed E-state index contributed by atoms with van der Waals surface area (Å²) in [5, 5.41) is 10.00. The van der Waals surface area contributed by atoms with Gasteiger partial charge < -0.3 is 19.3 Å². The second kappa shape index (κ2) is 7.11. The van der Waals surface area contributed by atoms with E-state index in [2.05, 4.69) is 6.58 Å². The molecule has 0 saturated carbocycles. The summed E-state index contributed by atoms with van der Waals surface area (Å²) in [7, 11) is 0. The highest BCUT2D eigenvalue weighted by Crippen LogP contribution is 2.35. The Bertz CT molecular complexity index is 410. The van der Waals surface area contributed by atoms with Crippen molar-refractivity contribution in [3.05, 3.63) is 12.7 Å². The second-order valence-electron chi connectivity index (χ2n) is 6.59. The smallest absolute Gasteiger partial charge is 0.306 e. The normalized spacial score (nSPS) is 40.4. The van der Waals surface area contributed by atoms with Crippen LogP contribution < -0.4 is 0 Å². The summed E-state index contributed by atoms with van der Waals surface area (Å²) in [6, 6.07) is 0. The Hall–Kier alpha value is -0.910. The molecule has 3 aliphatic rings. The van der Waals surface area contributed by atoms with Gasteiger partial charge in [0.2, 0.25) is 0 Å². The van der Waals surface area contributed by atoms with E-state index >= 15 is 0 Å². The van der Waals surface area contributed by atoms with Crippen LogP contribution in [0.5, 0.6) is 0 Å². The number of rotatable bonds is 5. The Morgan fingerprint density at radius 2 is 1.77 bits per heavy atom. The molecular weight excluding hydrogens is 284 g/mol. The minimum absolute atomic E-state index is 0.00926. The average molecular weight is 310 g/mol. The number of ether oxygens (including phenoxy) is 3. The molecule has 22 heavy (non-hydrogen) atoms. The fourth-order valence-corrected chi connectivity index (χ4v) is 3.80. The highest BCUT2D eigenvalue weighted by Gasteiger charge is 2.42. The Balaban J connectivity index is 1.48. The lowest BCUT2D eigenvalue weighted by atomic mass is 10.0. The first kappa shape index (κ1) is 16.0. The number of hydrogen-bond donors (Lipinski definition) is 1. The summed E-state index contributed by atoms with van der Waals surface area (Å²) < 4.78 is 17.5. The van der Waals surface area contributed by atoms with E-state index in [4.69, 9.17) is 14.2 Å². The van der Waals surface area contributed by atoms with Crippen LogP contribution >= 0.6 is 0 Å². The van der Waals surface area contributed by atoms with Crippen LogP contribution in [-0.2, 0) is 19.0 Å². The van der Waals surface area contributed by atoms with Gasteiger partial charge in [-0.15, -0.1) is 6.58 Å². The van der Waals surface area contributed by atoms with Gasteiger partial charge >= 0.3 is 5.97 Å². The van der Waals surface area contributed by atoms with E-state index in [9.17, 15) is 9.90 Å². The standard InChI is InChI=1S/C17H26O5/c1-2-4-11(18)12-7-8-15(20-12)16-10-9-14(21-16)13-5-3-6-17(19)22-13/h2,11-16,18H,1,3-10H2/t11-,12-,13+,14-,15+,16-/m1/s1. The third-order valence-corrected chi connectivity index (χ3v) is 4.99. The van der Waals surface area contributed by atoms with Gasteiger partial charge in [0.1, 0.15) is 6.10 Å². The molecule has 3 fully saturated rings. The monoisotopic (exact) mass is 310 g/mol. The molecule has 0 bridgehead atoms. The summed E-state index contributed by atoms with van der Waals surface area (Å²) >= 11 is 0. The van der Waals surface area contributed by atoms with Crippen LogP contribution in [0, 0.1) is 0 Å². The molecule has 0 unspecified atom stereocenters. The molecule has 0 aromatic rings. The van der Waals surface area contributed by atoms with Crippen LogP contribution in [-0.4, -0.2) is 47.7 Å². The van der Waals surface area contributed by atoms with Crippen LogP contribution in [0.2, 0.25) is 0 Å². The average Bonchev–Trinajstić information content (AvgIpc) is 3.17. The van der Waals surface area contributed by atoms with E-state index in [1.54, 1.807) is 6.08 Å². The van der Waals surface area contributed by atoms with E-state index in [0.717, 1.165) is 38.5 Å². The molecule has 0 aliphatic carbocycles. The van der Waals surface area contributed by atoms with Crippen LogP contribution in [0.25, 0.3) is 0 Å². The molecule has 3 aliphatic heterocycles. The highest BCUT2D eigenvalue weighted by molar-refractivity contribution is 5.70. The lowest BCUT2D eigenvalue weighted by molar-refractivity contribution is -0.166. The van der Waals surface area contributed by atoms with E-state index in [1.165, 1.54) is 0 Å². The third-order valence-electron chi connectivity index (χ3n) is 4.99. The van der Waals surface area contributed by atoms with Crippen molar-refractivity contribution >= 4 is 5.97 Å². The predicted octanol–water partition coefficient (Wildman–Crippen LogP) is 2.11. The molecule has 3 rings (SSSR count). The molecule has 0 spiro atoms. The number of hydrogen-bond acceptors (Lipinski definition) is 5. The predicted molar refractivity (Wildman–Crippen MR) is 80.3 cm³/mol. The number of aliphatic hydroxyl groups excluding tert-OH is 1. The zero-order valence-electron chi connectivity index (χ0n) is 13.0. The quantitative estimate of drug-likeness (QED) is 0.622. The van der Waals surface area contributed by atoms with Crippen molar-refractivity contribution in [1.29, 1.82) is 0 Å². The Labute approximate surface area is 131 Å². The summed E-state index contributed by atoms with van der Waals surface area (Å²) in [4.78, 5) is 11.4. The number of esters is 1. The van der Waals surface area contributed by atoms with Crippen LogP contribution in [0.3, 0.4) is 0 Å². The van der Waals surface area contributed by atoms with Crippen molar-refractivity contribution in [2.45, 2.75) is 88.0 Å². The van der Waals surface area contributed by atoms with Gasteiger partial charge in [-0.1, -0.05) is 6.08 Å². The van der Waals surface area contributed by atoms with Crippen molar-refractivity contribution in [2.75, 3.05) is 0 Å². The maximum absolute atomic E-state index is 11.4. The van der Waals surface area contributed by atoms with Gasteiger partial charge in [0.05, 0.1) is 30.5 Å². The molecular formula is C17H26O5. The second-order valence-corrected chi connectivity index (χ2v) is 6.59. The molecule has 0 aromatic heterocycles. The van der Waals surface area contributed by atoms with E-state index in [-0.39, 0.29) is 36.5 Å². The Morgan fingerprint density at radius 1 is 1.09 bits per heavy atom. The van der Waals surface area contributed by atoms with Gasteiger partial charge in [0, 0.05) is 6.42 Å². The first-order valence-electron chi connectivity index (χ1n) is 8.46. The van der Waals surface area contributed by atoms with Crippen molar-refractivity contribution in [2.24, 2.45) is 0 Å². The molecule has 0 amide bonds. The molecule has 3 heterocycles. The van der Waals surface area contributed by atoms with E-state index in [1.807, 2.05) is 0 Å². The van der Waals surface area contributed by atoms with Gasteiger partial charge in [-0.2, -0.15) is 0 Å². The topological polar surface area (TPSA) is 65.0 Å². The maximum Gasteiger partial charge on any atom is 0.306 e. The summed E-state index contributed by atoms with van der Waals surface area (Å²) in [5.41, 5.74) is 0. The van der Waals surface area contributed by atoms with Crippen molar-refractivity contribution < 1.29 is 24.1 Å². The summed E-state index contributed by atoms with van der Waals surface area (Å²) in [6.07, 6.45) is 7.69. The fraction of sp³-hybridized carbons (Fsp3) is 0.824. The number of aliphatic hydroxyl groups is 1. The van der Waals surface area contributed by atoms with Crippen LogP contribution in [0.15, 0.2) is 12.7 Å². The van der Waals surface area contributed by atoms with Crippen LogP contribution in [0.4, 0.5) is 0 Å². The molecule has 124 valence electrons. The van der Waals surface area contributed by atoms with Crippen molar-refractivity contribution in [1.82, 2.24) is 0 Å². The maximum atomic E-state index is 11.4. The SMILES string of the molecule is C=CC[C@@H](O)[C@H]1CC[C@@H]([C@H]2CC[C@H]([C@@H]3CCCC(=O)O3)O2)O1. The Kier molecular flexibility index (Phi) is 5.16. The molecule has 1 N–H and O–H groups in total. The van der Waals surface area contributed by atoms with Crippen LogP contribution in [0.1, 0.15) is 51.4 Å². The zero-order chi connectivity index (χ0) is 15.5. The minimum Gasteiger partial charge on any atom is -0.460 e. The lowest BCUT2D eigenvalue weighted by Crippen LogP contribution is -2.36. The number of carbonyl (C=O) groups is 1. The molecule has 6 atom stereocenters. The summed E-state index contributed by atoms with van der Waals surface area (Å²) in [5.74, 6) is -0.104. The number of cyclic esters (lactones) is 1. The van der Waals surface area contributed by atoms with Crippen molar-refractivity contribution in [3.8, 4) is 0 Å².